The van der Waals surface area contributed by atoms with Crippen LogP contribution in [0.5, 0.6) is 11.5 Å². The third-order valence-electron chi connectivity index (χ3n) is 3.25. The molecule has 3 rings (SSSR count). The molecule has 0 fully saturated rings. The molecule has 1 aliphatic heterocycles. The Morgan fingerprint density at radius 1 is 1.12 bits per heavy atom. The first-order chi connectivity index (χ1) is 11.4. The van der Waals surface area contributed by atoms with E-state index in [2.05, 4.69) is 4.72 Å². The van der Waals surface area contributed by atoms with Crippen LogP contribution in [0, 0.1) is 0 Å². The van der Waals surface area contributed by atoms with Gasteiger partial charge in [-0.1, -0.05) is 18.2 Å². The van der Waals surface area contributed by atoms with Gasteiger partial charge in [0, 0.05) is 0 Å². The number of carbonyl (C=O) groups is 1. The first kappa shape index (κ1) is 15.9. The highest BCUT2D eigenvalue weighted by Gasteiger charge is 2.15. The number of rotatable bonds is 5. The van der Waals surface area contributed by atoms with Crippen molar-refractivity contribution in [1.29, 1.82) is 0 Å². The zero-order valence-corrected chi connectivity index (χ0v) is 13.1. The molecule has 0 spiro atoms. The third-order valence-corrected chi connectivity index (χ3v) is 4.24. The molecule has 2 aromatic rings. The molecule has 2 aromatic carbocycles. The van der Waals surface area contributed by atoms with Gasteiger partial charge in [-0.2, -0.15) is 0 Å². The van der Waals surface area contributed by atoms with Crippen molar-refractivity contribution in [2.75, 3.05) is 11.5 Å². The number of nitrogens with one attached hydrogen (secondary N) is 1. The molecule has 1 aliphatic rings. The van der Waals surface area contributed by atoms with Crippen LogP contribution in [0.15, 0.2) is 47.9 Å². The van der Waals surface area contributed by atoms with E-state index in [9.17, 15) is 13.2 Å². The van der Waals surface area contributed by atoms with Crippen LogP contribution in [-0.4, -0.2) is 26.3 Å². The summed E-state index contributed by atoms with van der Waals surface area (Å²) in [4.78, 5) is 11.1. The highest BCUT2D eigenvalue weighted by Crippen LogP contribution is 2.32. The van der Waals surface area contributed by atoms with Crippen molar-refractivity contribution < 1.29 is 27.8 Å². The third kappa shape index (κ3) is 3.49. The number of hydrogen-bond donors (Lipinski definition) is 2. The van der Waals surface area contributed by atoms with Crippen LogP contribution in [0.4, 0.5) is 5.69 Å². The van der Waals surface area contributed by atoms with E-state index in [0.29, 0.717) is 17.1 Å². The number of sulfonamides is 1. The normalized spacial score (nSPS) is 13.2. The van der Waals surface area contributed by atoms with Gasteiger partial charge in [-0.05, 0) is 35.9 Å². The van der Waals surface area contributed by atoms with Crippen LogP contribution in [0.25, 0.3) is 6.08 Å². The summed E-state index contributed by atoms with van der Waals surface area (Å²) in [6.07, 6.45) is 1.38. The minimum Gasteiger partial charge on any atom is -0.478 e. The van der Waals surface area contributed by atoms with E-state index in [1.807, 2.05) is 0 Å². The fourth-order valence-corrected chi connectivity index (χ4v) is 3.02. The molecule has 7 nitrogen and oxygen atoms in total. The largest absolute Gasteiger partial charge is 0.478 e. The van der Waals surface area contributed by atoms with Gasteiger partial charge >= 0.3 is 5.97 Å². The van der Waals surface area contributed by atoms with E-state index in [1.54, 1.807) is 24.3 Å². The highest BCUT2D eigenvalue weighted by atomic mass is 32.2. The fourth-order valence-electron chi connectivity index (χ4n) is 2.13. The minimum absolute atomic E-state index is 0.000312. The molecule has 0 radical (unpaired) electrons. The second kappa shape index (κ2) is 6.25. The molecule has 124 valence electrons. The first-order valence-electron chi connectivity index (χ1n) is 6.87. The van der Waals surface area contributed by atoms with Crippen LogP contribution in [0.2, 0.25) is 0 Å². The maximum absolute atomic E-state index is 12.1. The summed E-state index contributed by atoms with van der Waals surface area (Å²) in [6, 6.07) is 10.8. The highest BCUT2D eigenvalue weighted by molar-refractivity contribution is 7.95. The summed E-state index contributed by atoms with van der Waals surface area (Å²) in [6.45, 7) is 0.133. The van der Waals surface area contributed by atoms with E-state index in [0.717, 1.165) is 5.41 Å². The summed E-state index contributed by atoms with van der Waals surface area (Å²) in [5, 5.41) is 10.0. The lowest BCUT2D eigenvalue weighted by molar-refractivity contribution is 0.0698. The van der Waals surface area contributed by atoms with Crippen molar-refractivity contribution in [1.82, 2.24) is 0 Å². The molecule has 0 atom stereocenters. The molecule has 1 heterocycles. The number of carboxylic acids is 1. The molecular weight excluding hydrogens is 334 g/mol. The summed E-state index contributed by atoms with van der Waals surface area (Å²) in [7, 11) is -3.87. The average Bonchev–Trinajstić information content (AvgIpc) is 3.00. The molecule has 0 saturated heterocycles. The van der Waals surface area contributed by atoms with E-state index < -0.39 is 16.0 Å². The fraction of sp³-hybridized carbons (Fsp3) is 0.0625. The number of aromatic carboxylic acids is 1. The molecule has 2 N–H and O–H groups in total. The summed E-state index contributed by atoms with van der Waals surface area (Å²) < 4.78 is 36.9. The zero-order chi connectivity index (χ0) is 17.2. The van der Waals surface area contributed by atoms with Gasteiger partial charge < -0.3 is 14.6 Å². The lowest BCUT2D eigenvalue weighted by Crippen LogP contribution is -2.12. The Labute approximate surface area is 138 Å². The van der Waals surface area contributed by atoms with Crippen LogP contribution in [0.1, 0.15) is 15.9 Å². The van der Waals surface area contributed by atoms with Gasteiger partial charge in [0.1, 0.15) is 0 Å². The standard InChI is InChI=1S/C16H13NO6S/c18-16(19)12-3-1-2-4-13(12)17-24(20,21)8-7-11-5-6-14-15(9-11)23-10-22-14/h1-9,17H,10H2,(H,18,19)/b8-7+. The Bertz CT molecular complexity index is 920. The van der Waals surface area contributed by atoms with E-state index in [-0.39, 0.29) is 18.0 Å². The second-order valence-electron chi connectivity index (χ2n) is 4.91. The number of benzene rings is 2. The van der Waals surface area contributed by atoms with Crippen molar-refractivity contribution >= 4 is 27.8 Å². The number of para-hydroxylation sites is 1. The lowest BCUT2D eigenvalue weighted by Gasteiger charge is -2.07. The smallest absolute Gasteiger partial charge is 0.337 e. The Morgan fingerprint density at radius 3 is 2.67 bits per heavy atom. The van der Waals surface area contributed by atoms with E-state index in [4.69, 9.17) is 14.6 Å². The number of carboxylic acid groups (broad SMARTS) is 1. The monoisotopic (exact) mass is 347 g/mol. The molecule has 24 heavy (non-hydrogen) atoms. The number of fused-ring (bicyclic) bond motifs is 1. The van der Waals surface area contributed by atoms with E-state index >= 15 is 0 Å². The minimum atomic E-state index is -3.87. The summed E-state index contributed by atoms with van der Waals surface area (Å²) in [5.41, 5.74) is 0.481. The van der Waals surface area contributed by atoms with Crippen LogP contribution in [0.3, 0.4) is 0 Å². The maximum atomic E-state index is 12.1. The van der Waals surface area contributed by atoms with Gasteiger partial charge in [-0.15, -0.1) is 0 Å². The molecular formula is C16H13NO6S. The molecule has 0 aromatic heterocycles. The van der Waals surface area contributed by atoms with Crippen molar-refractivity contribution in [2.24, 2.45) is 0 Å². The van der Waals surface area contributed by atoms with Gasteiger partial charge in [0.2, 0.25) is 6.79 Å². The Hall–Kier alpha value is -3.00. The lowest BCUT2D eigenvalue weighted by atomic mass is 10.2. The Balaban J connectivity index is 1.80. The van der Waals surface area contributed by atoms with Crippen LogP contribution >= 0.6 is 0 Å². The van der Waals surface area contributed by atoms with Crippen molar-refractivity contribution in [3.8, 4) is 11.5 Å². The zero-order valence-electron chi connectivity index (χ0n) is 12.3. The summed E-state index contributed by atoms with van der Waals surface area (Å²) in [5.74, 6) is -0.0738. The van der Waals surface area contributed by atoms with Gasteiger partial charge in [0.15, 0.2) is 11.5 Å². The predicted molar refractivity (Wildman–Crippen MR) is 87.5 cm³/mol. The van der Waals surface area contributed by atoms with E-state index in [1.165, 1.54) is 24.3 Å². The number of ether oxygens (including phenoxy) is 2. The average molecular weight is 347 g/mol. The van der Waals surface area contributed by atoms with Crippen molar-refractivity contribution in [2.45, 2.75) is 0 Å². The van der Waals surface area contributed by atoms with Crippen LogP contribution < -0.4 is 14.2 Å². The molecule has 0 bridgehead atoms. The molecule has 0 unspecified atom stereocenters. The van der Waals surface area contributed by atoms with Crippen LogP contribution in [-0.2, 0) is 10.0 Å². The molecule has 0 aliphatic carbocycles. The maximum Gasteiger partial charge on any atom is 0.337 e. The second-order valence-corrected chi connectivity index (χ2v) is 6.48. The molecule has 0 amide bonds. The molecule has 8 heteroatoms. The van der Waals surface area contributed by atoms with Gasteiger partial charge in [0.05, 0.1) is 16.7 Å². The SMILES string of the molecule is O=C(O)c1ccccc1NS(=O)(=O)/C=C/c1ccc2c(c1)OCO2. The molecule has 0 saturated carbocycles. The van der Waals surface area contributed by atoms with Crippen molar-refractivity contribution in [3.63, 3.8) is 0 Å². The quantitative estimate of drug-likeness (QED) is 0.862. The summed E-state index contributed by atoms with van der Waals surface area (Å²) >= 11 is 0. The topological polar surface area (TPSA) is 102 Å². The van der Waals surface area contributed by atoms with Gasteiger partial charge in [0.25, 0.3) is 10.0 Å². The Morgan fingerprint density at radius 2 is 1.88 bits per heavy atom. The van der Waals surface area contributed by atoms with Gasteiger partial charge in [-0.3, -0.25) is 4.72 Å². The van der Waals surface area contributed by atoms with Gasteiger partial charge in [-0.25, -0.2) is 13.2 Å². The van der Waals surface area contributed by atoms with Crippen molar-refractivity contribution in [3.05, 3.63) is 59.0 Å². The first-order valence-corrected chi connectivity index (χ1v) is 8.42. The number of anilines is 1. The number of hydrogen-bond acceptors (Lipinski definition) is 5. The predicted octanol–water partition coefficient (Wildman–Crippen LogP) is 2.53. The Kier molecular flexibility index (Phi) is 4.13.